The Balaban J connectivity index is 1.56. The van der Waals surface area contributed by atoms with Gasteiger partial charge in [0.1, 0.15) is 22.8 Å². The molecule has 0 aliphatic heterocycles. The Morgan fingerprint density at radius 3 is 2.92 bits per heavy atom. The molecule has 130 valence electrons. The van der Waals surface area contributed by atoms with Crippen molar-refractivity contribution in [3.63, 3.8) is 0 Å². The Morgan fingerprint density at radius 1 is 1.24 bits per heavy atom. The highest BCUT2D eigenvalue weighted by Crippen LogP contribution is 2.39. The molecule has 0 atom stereocenters. The van der Waals surface area contributed by atoms with Gasteiger partial charge in [0, 0.05) is 23.5 Å². The fourth-order valence-corrected chi connectivity index (χ4v) is 4.65. The molecule has 25 heavy (non-hydrogen) atoms. The molecule has 4 nitrogen and oxygen atoms in total. The summed E-state index contributed by atoms with van der Waals surface area (Å²) in [5.41, 5.74) is 3.03. The first kappa shape index (κ1) is 16.4. The molecule has 1 aromatic carbocycles. The van der Waals surface area contributed by atoms with Crippen LogP contribution in [0.15, 0.2) is 24.5 Å². The molecule has 3 aromatic rings. The Bertz CT molecular complexity index is 919. The van der Waals surface area contributed by atoms with Crippen LogP contribution in [-0.4, -0.2) is 29.0 Å². The lowest BCUT2D eigenvalue weighted by Gasteiger charge is -2.12. The molecule has 0 bridgehead atoms. The van der Waals surface area contributed by atoms with Gasteiger partial charge in [0.2, 0.25) is 0 Å². The molecule has 4 rings (SSSR count). The third-order valence-corrected chi connectivity index (χ3v) is 5.77. The van der Waals surface area contributed by atoms with Crippen LogP contribution in [0.3, 0.4) is 0 Å². The molecule has 1 aliphatic rings. The molecule has 6 heteroatoms. The molecule has 0 radical (unpaired) electrons. The van der Waals surface area contributed by atoms with Crippen molar-refractivity contribution in [2.75, 3.05) is 19.4 Å². The summed E-state index contributed by atoms with van der Waals surface area (Å²) in [5.74, 6) is 0.708. The second kappa shape index (κ2) is 6.69. The Hall–Kier alpha value is -2.05. The maximum absolute atomic E-state index is 14.2. The van der Waals surface area contributed by atoms with E-state index in [1.807, 2.05) is 31.1 Å². The molecule has 0 fully saturated rings. The molecule has 0 saturated heterocycles. The van der Waals surface area contributed by atoms with Crippen LogP contribution in [-0.2, 0) is 25.9 Å². The maximum Gasteiger partial charge on any atom is 0.138 e. The minimum atomic E-state index is -0.155. The monoisotopic (exact) mass is 356 g/mol. The number of fused-ring (bicyclic) bond motifs is 3. The van der Waals surface area contributed by atoms with Gasteiger partial charge in [-0.3, -0.25) is 0 Å². The van der Waals surface area contributed by atoms with Gasteiger partial charge in [0.25, 0.3) is 0 Å². The molecule has 0 spiro atoms. The van der Waals surface area contributed by atoms with E-state index in [1.165, 1.54) is 16.9 Å². The Morgan fingerprint density at radius 2 is 2.12 bits per heavy atom. The molecule has 0 unspecified atom stereocenters. The van der Waals surface area contributed by atoms with Crippen LogP contribution >= 0.6 is 11.3 Å². The quantitative estimate of drug-likeness (QED) is 0.750. The van der Waals surface area contributed by atoms with E-state index < -0.39 is 0 Å². The van der Waals surface area contributed by atoms with Crippen molar-refractivity contribution in [3.8, 4) is 0 Å². The van der Waals surface area contributed by atoms with Gasteiger partial charge in [-0.2, -0.15) is 0 Å². The zero-order valence-corrected chi connectivity index (χ0v) is 15.3. The number of halogens is 1. The van der Waals surface area contributed by atoms with E-state index in [9.17, 15) is 4.39 Å². The summed E-state index contributed by atoms with van der Waals surface area (Å²) < 4.78 is 14.2. The fraction of sp³-hybridized carbons (Fsp3) is 0.368. The number of nitrogens with one attached hydrogen (secondary N) is 1. The van der Waals surface area contributed by atoms with E-state index in [-0.39, 0.29) is 5.82 Å². The van der Waals surface area contributed by atoms with Gasteiger partial charge in [-0.15, -0.1) is 11.3 Å². The summed E-state index contributed by atoms with van der Waals surface area (Å²) >= 11 is 1.78. The molecule has 2 heterocycles. The Kier molecular flexibility index (Phi) is 4.39. The van der Waals surface area contributed by atoms with Gasteiger partial charge in [-0.05, 0) is 50.6 Å². The number of aromatic nitrogens is 2. The lowest BCUT2D eigenvalue weighted by Crippen LogP contribution is -2.12. The van der Waals surface area contributed by atoms with Crippen LogP contribution in [0.25, 0.3) is 10.2 Å². The smallest absolute Gasteiger partial charge is 0.138 e. The number of thiophene rings is 1. The summed E-state index contributed by atoms with van der Waals surface area (Å²) in [6.45, 7) is 1.16. The van der Waals surface area contributed by atoms with E-state index in [0.717, 1.165) is 34.4 Å². The molecule has 0 saturated carbocycles. The van der Waals surface area contributed by atoms with Gasteiger partial charge in [-0.1, -0.05) is 12.1 Å². The topological polar surface area (TPSA) is 41.0 Å². The Labute approximate surface area is 150 Å². The van der Waals surface area contributed by atoms with E-state index in [2.05, 4.69) is 15.3 Å². The van der Waals surface area contributed by atoms with E-state index in [0.29, 0.717) is 18.7 Å². The molecular weight excluding hydrogens is 335 g/mol. The first-order chi connectivity index (χ1) is 12.1. The van der Waals surface area contributed by atoms with Crippen molar-refractivity contribution < 1.29 is 4.39 Å². The van der Waals surface area contributed by atoms with Gasteiger partial charge in [-0.25, -0.2) is 14.4 Å². The van der Waals surface area contributed by atoms with Crippen molar-refractivity contribution in [3.05, 3.63) is 51.9 Å². The second-order valence-electron chi connectivity index (χ2n) is 6.78. The van der Waals surface area contributed by atoms with Gasteiger partial charge in [0.15, 0.2) is 0 Å². The molecule has 1 aliphatic carbocycles. The van der Waals surface area contributed by atoms with Crippen molar-refractivity contribution in [1.82, 2.24) is 14.9 Å². The highest BCUT2D eigenvalue weighted by atomic mass is 32.1. The lowest BCUT2D eigenvalue weighted by atomic mass is 10.1. The summed E-state index contributed by atoms with van der Waals surface area (Å²) in [5, 5.41) is 4.54. The third kappa shape index (κ3) is 3.24. The van der Waals surface area contributed by atoms with Crippen LogP contribution in [0.5, 0.6) is 0 Å². The van der Waals surface area contributed by atoms with Crippen LogP contribution < -0.4 is 5.32 Å². The van der Waals surface area contributed by atoms with Crippen LogP contribution in [0.1, 0.15) is 28.0 Å². The molecule has 2 aromatic heterocycles. The van der Waals surface area contributed by atoms with Crippen molar-refractivity contribution in [2.45, 2.75) is 32.4 Å². The predicted molar refractivity (Wildman–Crippen MR) is 101 cm³/mol. The lowest BCUT2D eigenvalue weighted by molar-refractivity contribution is 0.392. The van der Waals surface area contributed by atoms with Crippen LogP contribution in [0.2, 0.25) is 0 Å². The normalized spacial score (nSPS) is 13.6. The number of aryl methyl sites for hydroxylation is 2. The zero-order chi connectivity index (χ0) is 17.4. The van der Waals surface area contributed by atoms with Gasteiger partial charge < -0.3 is 10.2 Å². The van der Waals surface area contributed by atoms with Gasteiger partial charge in [0.05, 0.1) is 5.39 Å². The minimum absolute atomic E-state index is 0.155. The summed E-state index contributed by atoms with van der Waals surface area (Å²) in [7, 11) is 3.88. The molecule has 1 N–H and O–H groups in total. The average Bonchev–Trinajstić information content (AvgIpc) is 3.15. The summed E-state index contributed by atoms with van der Waals surface area (Å²) in [6, 6.07) is 5.46. The number of hydrogen-bond donors (Lipinski definition) is 1. The second-order valence-corrected chi connectivity index (χ2v) is 7.86. The average molecular weight is 356 g/mol. The highest BCUT2D eigenvalue weighted by Gasteiger charge is 2.21. The van der Waals surface area contributed by atoms with E-state index in [1.54, 1.807) is 23.7 Å². The minimum Gasteiger partial charge on any atom is -0.365 e. The maximum atomic E-state index is 14.2. The van der Waals surface area contributed by atoms with Crippen LogP contribution in [0.4, 0.5) is 10.2 Å². The molecular formula is C19H21FN4S. The van der Waals surface area contributed by atoms with E-state index >= 15 is 0 Å². The fourth-order valence-electron chi connectivity index (χ4n) is 3.42. The third-order valence-electron chi connectivity index (χ3n) is 4.57. The van der Waals surface area contributed by atoms with E-state index in [4.69, 9.17) is 0 Å². The summed E-state index contributed by atoms with van der Waals surface area (Å²) in [4.78, 5) is 13.3. The van der Waals surface area contributed by atoms with Crippen molar-refractivity contribution >= 4 is 27.4 Å². The number of nitrogens with zero attached hydrogens (tertiary/aromatic N) is 3. The number of anilines is 1. The largest absolute Gasteiger partial charge is 0.365 e. The van der Waals surface area contributed by atoms with Crippen LogP contribution in [0, 0.1) is 5.82 Å². The zero-order valence-electron chi connectivity index (χ0n) is 14.5. The number of benzene rings is 1. The van der Waals surface area contributed by atoms with Crippen molar-refractivity contribution in [1.29, 1.82) is 0 Å². The molecule has 0 amide bonds. The van der Waals surface area contributed by atoms with Gasteiger partial charge >= 0.3 is 0 Å². The SMILES string of the molecule is CN(C)Cc1ccc(CNc2ncnc3sc4c(c23)CCC4)cc1F. The highest BCUT2D eigenvalue weighted by molar-refractivity contribution is 7.19. The first-order valence-electron chi connectivity index (χ1n) is 8.53. The predicted octanol–water partition coefficient (Wildman–Crippen LogP) is 3.99. The summed E-state index contributed by atoms with van der Waals surface area (Å²) in [6.07, 6.45) is 5.07. The number of rotatable bonds is 5. The standard InChI is InChI=1S/C19H21FN4S/c1-24(2)10-13-7-6-12(8-15(13)20)9-21-18-17-14-4-3-5-16(14)25-19(17)23-11-22-18/h6-8,11H,3-5,9-10H2,1-2H3,(H,21,22,23). The first-order valence-corrected chi connectivity index (χ1v) is 9.34. The number of hydrogen-bond acceptors (Lipinski definition) is 5. The van der Waals surface area contributed by atoms with Crippen molar-refractivity contribution in [2.24, 2.45) is 0 Å².